The van der Waals surface area contributed by atoms with E-state index in [0.29, 0.717) is 6.54 Å². The van der Waals surface area contributed by atoms with Gasteiger partial charge in [-0.1, -0.05) is 43.7 Å². The topological polar surface area (TPSA) is 49.6 Å². The predicted molar refractivity (Wildman–Crippen MR) is 88.1 cm³/mol. The Morgan fingerprint density at radius 2 is 1.95 bits per heavy atom. The summed E-state index contributed by atoms with van der Waals surface area (Å²) in [6.45, 7) is 7.45. The van der Waals surface area contributed by atoms with Crippen molar-refractivity contribution in [2.24, 2.45) is 5.73 Å². The second kappa shape index (κ2) is 8.15. The maximum Gasteiger partial charge on any atom is 0.236 e. The lowest BCUT2D eigenvalue weighted by Gasteiger charge is -2.35. The molecule has 0 aromatic heterocycles. The summed E-state index contributed by atoms with van der Waals surface area (Å²) >= 11 is 0. The number of benzene rings is 1. The molecule has 1 aromatic rings. The van der Waals surface area contributed by atoms with Gasteiger partial charge in [-0.3, -0.25) is 9.69 Å². The molecular formula is C17H29N3O. The highest BCUT2D eigenvalue weighted by Gasteiger charge is 2.26. The molecule has 4 heteroatoms. The first-order valence-corrected chi connectivity index (χ1v) is 7.67. The Labute approximate surface area is 128 Å². The Kier molecular flexibility index (Phi) is 6.85. The van der Waals surface area contributed by atoms with Crippen molar-refractivity contribution in [1.29, 1.82) is 0 Å². The van der Waals surface area contributed by atoms with Crippen LogP contribution in [-0.2, 0) is 4.79 Å². The molecule has 4 nitrogen and oxygen atoms in total. The Bertz CT molecular complexity index is 459. The highest BCUT2D eigenvalue weighted by Crippen LogP contribution is 2.25. The van der Waals surface area contributed by atoms with Crippen LogP contribution in [0.4, 0.5) is 0 Å². The van der Waals surface area contributed by atoms with E-state index in [0.717, 1.165) is 13.0 Å². The van der Waals surface area contributed by atoms with Crippen molar-refractivity contribution in [2.75, 3.05) is 27.2 Å². The normalized spacial score (nSPS) is 14.0. The maximum atomic E-state index is 12.1. The van der Waals surface area contributed by atoms with Gasteiger partial charge in [0.05, 0.1) is 12.6 Å². The summed E-state index contributed by atoms with van der Waals surface area (Å²) in [5.74, 6) is 0.109. The lowest BCUT2D eigenvalue weighted by molar-refractivity contribution is -0.130. The van der Waals surface area contributed by atoms with Crippen LogP contribution in [0.2, 0.25) is 0 Å². The molecule has 0 radical (unpaired) electrons. The van der Waals surface area contributed by atoms with Crippen molar-refractivity contribution in [3.05, 3.63) is 35.4 Å². The van der Waals surface area contributed by atoms with Crippen LogP contribution in [0.15, 0.2) is 24.3 Å². The number of aryl methyl sites for hydroxylation is 1. The third-order valence-electron chi connectivity index (χ3n) is 3.90. The van der Waals surface area contributed by atoms with Crippen LogP contribution in [0.25, 0.3) is 0 Å². The molecule has 0 saturated heterocycles. The van der Waals surface area contributed by atoms with E-state index in [9.17, 15) is 4.79 Å². The third-order valence-corrected chi connectivity index (χ3v) is 3.90. The molecule has 1 aromatic carbocycles. The first-order chi connectivity index (χ1) is 9.90. The van der Waals surface area contributed by atoms with Gasteiger partial charge < -0.3 is 10.6 Å². The number of hydrogen-bond acceptors (Lipinski definition) is 3. The molecule has 0 fully saturated rings. The van der Waals surface area contributed by atoms with Crippen LogP contribution in [0.5, 0.6) is 0 Å². The minimum Gasteiger partial charge on any atom is -0.348 e. The van der Waals surface area contributed by atoms with E-state index < -0.39 is 0 Å². The van der Waals surface area contributed by atoms with Crippen LogP contribution in [-0.4, -0.2) is 48.9 Å². The van der Waals surface area contributed by atoms with E-state index in [1.807, 2.05) is 0 Å². The average Bonchev–Trinajstić information content (AvgIpc) is 2.45. The van der Waals surface area contributed by atoms with Crippen molar-refractivity contribution in [3.8, 4) is 0 Å². The van der Waals surface area contributed by atoms with Gasteiger partial charge in [0.1, 0.15) is 0 Å². The molecule has 1 rings (SSSR count). The second-order valence-corrected chi connectivity index (χ2v) is 5.78. The average molecular weight is 291 g/mol. The van der Waals surface area contributed by atoms with E-state index in [-0.39, 0.29) is 18.0 Å². The van der Waals surface area contributed by atoms with Gasteiger partial charge in [0.2, 0.25) is 5.91 Å². The highest BCUT2D eigenvalue weighted by atomic mass is 16.2. The monoisotopic (exact) mass is 291 g/mol. The van der Waals surface area contributed by atoms with E-state index in [1.165, 1.54) is 11.1 Å². The van der Waals surface area contributed by atoms with Crippen molar-refractivity contribution in [3.63, 3.8) is 0 Å². The number of rotatable bonds is 7. The quantitative estimate of drug-likeness (QED) is 0.838. The van der Waals surface area contributed by atoms with E-state index in [2.05, 4.69) is 49.9 Å². The zero-order chi connectivity index (χ0) is 16.0. The number of amides is 1. The number of likely N-dealkylation sites (N-methyl/N-ethyl adjacent to an activating group) is 2. The van der Waals surface area contributed by atoms with Crippen LogP contribution >= 0.6 is 0 Å². The van der Waals surface area contributed by atoms with Gasteiger partial charge in [0.15, 0.2) is 0 Å². The SMILES string of the molecule is CCC(N)C(c1cccc(C)c1)N(CC)CC(=O)N(C)C. The summed E-state index contributed by atoms with van der Waals surface area (Å²) in [7, 11) is 3.58. The van der Waals surface area contributed by atoms with Gasteiger partial charge in [0, 0.05) is 20.1 Å². The van der Waals surface area contributed by atoms with Crippen LogP contribution in [0.1, 0.15) is 37.4 Å². The second-order valence-electron chi connectivity index (χ2n) is 5.78. The molecule has 0 heterocycles. The van der Waals surface area contributed by atoms with Crippen molar-refractivity contribution in [1.82, 2.24) is 9.80 Å². The summed E-state index contributed by atoms with van der Waals surface area (Å²) in [6, 6.07) is 8.51. The van der Waals surface area contributed by atoms with Crippen molar-refractivity contribution < 1.29 is 4.79 Å². The number of nitrogens with two attached hydrogens (primary N) is 1. The maximum absolute atomic E-state index is 12.1. The minimum atomic E-state index is 0.0155. The summed E-state index contributed by atoms with van der Waals surface area (Å²) in [5, 5.41) is 0. The molecule has 2 N–H and O–H groups in total. The fourth-order valence-electron chi connectivity index (χ4n) is 2.53. The molecule has 21 heavy (non-hydrogen) atoms. The number of carbonyl (C=O) groups is 1. The molecule has 2 unspecified atom stereocenters. The summed E-state index contributed by atoms with van der Waals surface area (Å²) in [6.07, 6.45) is 0.880. The van der Waals surface area contributed by atoms with Crippen LogP contribution in [0.3, 0.4) is 0 Å². The van der Waals surface area contributed by atoms with Gasteiger partial charge >= 0.3 is 0 Å². The molecule has 0 aliphatic heterocycles. The smallest absolute Gasteiger partial charge is 0.236 e. The molecule has 0 aliphatic rings. The van der Waals surface area contributed by atoms with Gasteiger partial charge in [0.25, 0.3) is 0 Å². The largest absolute Gasteiger partial charge is 0.348 e. The fourth-order valence-corrected chi connectivity index (χ4v) is 2.53. The Hall–Kier alpha value is -1.39. The predicted octanol–water partition coefficient (Wildman–Crippen LogP) is 2.18. The van der Waals surface area contributed by atoms with E-state index in [1.54, 1.807) is 19.0 Å². The Balaban J connectivity index is 3.07. The molecule has 2 atom stereocenters. The Morgan fingerprint density at radius 1 is 1.29 bits per heavy atom. The molecule has 0 bridgehead atoms. The standard InChI is InChI=1S/C17H29N3O/c1-6-15(18)17(14-10-8-9-13(3)11-14)20(7-2)12-16(21)19(4)5/h8-11,15,17H,6-7,12,18H2,1-5H3. The highest BCUT2D eigenvalue weighted by molar-refractivity contribution is 5.77. The molecule has 0 aliphatic carbocycles. The minimum absolute atomic E-state index is 0.0155. The summed E-state index contributed by atoms with van der Waals surface area (Å²) in [5.41, 5.74) is 8.77. The van der Waals surface area contributed by atoms with E-state index >= 15 is 0 Å². The van der Waals surface area contributed by atoms with Crippen LogP contribution < -0.4 is 5.73 Å². The number of carbonyl (C=O) groups excluding carboxylic acids is 1. The molecule has 0 saturated carbocycles. The van der Waals surface area contributed by atoms with Gasteiger partial charge in [-0.25, -0.2) is 0 Å². The van der Waals surface area contributed by atoms with Gasteiger partial charge in [-0.15, -0.1) is 0 Å². The lowest BCUT2D eigenvalue weighted by Crippen LogP contribution is -2.45. The first kappa shape index (κ1) is 17.7. The third kappa shape index (κ3) is 4.83. The molecule has 118 valence electrons. The van der Waals surface area contributed by atoms with E-state index in [4.69, 9.17) is 5.73 Å². The molecule has 0 spiro atoms. The first-order valence-electron chi connectivity index (χ1n) is 7.67. The molecule has 1 amide bonds. The number of hydrogen-bond donors (Lipinski definition) is 1. The van der Waals surface area contributed by atoms with Crippen molar-refractivity contribution >= 4 is 5.91 Å². The summed E-state index contributed by atoms with van der Waals surface area (Å²) in [4.78, 5) is 15.9. The number of nitrogens with zero attached hydrogens (tertiary/aromatic N) is 2. The zero-order valence-corrected chi connectivity index (χ0v) is 14.0. The summed E-state index contributed by atoms with van der Waals surface area (Å²) < 4.78 is 0. The molecular weight excluding hydrogens is 262 g/mol. The van der Waals surface area contributed by atoms with Crippen LogP contribution in [0, 0.1) is 6.92 Å². The lowest BCUT2D eigenvalue weighted by atomic mass is 9.95. The van der Waals surface area contributed by atoms with Gasteiger partial charge in [-0.2, -0.15) is 0 Å². The van der Waals surface area contributed by atoms with Gasteiger partial charge in [-0.05, 0) is 25.5 Å². The zero-order valence-electron chi connectivity index (χ0n) is 14.0. The Morgan fingerprint density at radius 3 is 2.43 bits per heavy atom. The van der Waals surface area contributed by atoms with Crippen molar-refractivity contribution in [2.45, 2.75) is 39.3 Å². The fraction of sp³-hybridized carbons (Fsp3) is 0.588.